The van der Waals surface area contributed by atoms with Gasteiger partial charge in [-0.3, -0.25) is 9.88 Å². The molecule has 7 heterocycles. The predicted molar refractivity (Wildman–Crippen MR) is 267 cm³/mol. The zero-order valence-corrected chi connectivity index (χ0v) is 38.0. The summed E-state index contributed by atoms with van der Waals surface area (Å²) in [4.78, 5) is 32.2. The Labute approximate surface area is 394 Å². The van der Waals surface area contributed by atoms with E-state index in [1.54, 1.807) is 24.3 Å². The highest BCUT2D eigenvalue weighted by Gasteiger charge is 2.27. The molecule has 4 aromatic heterocycles. The highest BCUT2D eigenvalue weighted by molar-refractivity contribution is 6.29. The normalized spacial score (nSPS) is 16.1. The molecule has 1 N–H and O–H groups in total. The summed E-state index contributed by atoms with van der Waals surface area (Å²) < 4.78 is 12.5. The number of hydrogen-bond donors (Lipinski definition) is 1. The third-order valence-electron chi connectivity index (χ3n) is 12.0. The van der Waals surface area contributed by atoms with Gasteiger partial charge < -0.3 is 24.6 Å². The summed E-state index contributed by atoms with van der Waals surface area (Å²) in [7, 11) is 0. The van der Waals surface area contributed by atoms with Crippen LogP contribution in [-0.4, -0.2) is 96.4 Å². The van der Waals surface area contributed by atoms with Crippen LogP contribution in [0.5, 0.6) is 11.5 Å². The van der Waals surface area contributed by atoms with Crippen LogP contribution >= 0.6 is 11.6 Å². The fourth-order valence-electron chi connectivity index (χ4n) is 8.58. The molecule has 0 amide bonds. The highest BCUT2D eigenvalue weighted by Crippen LogP contribution is 2.38. The van der Waals surface area contributed by atoms with E-state index >= 15 is 0 Å². The van der Waals surface area contributed by atoms with Gasteiger partial charge in [0.25, 0.3) is 0 Å². The topological polar surface area (TPSA) is 124 Å². The Kier molecular flexibility index (Phi) is 13.8. The van der Waals surface area contributed by atoms with Gasteiger partial charge in [0.1, 0.15) is 29.5 Å². The molecule has 14 heteroatoms. The first-order chi connectivity index (χ1) is 32.8. The zero-order chi connectivity index (χ0) is 46.1. The van der Waals surface area contributed by atoms with E-state index in [1.165, 1.54) is 0 Å². The smallest absolute Gasteiger partial charge is 0.187 e. The predicted octanol–water partition coefficient (Wildman–Crippen LogP) is 10.3. The van der Waals surface area contributed by atoms with Crippen LogP contribution in [0.3, 0.4) is 0 Å². The molecule has 0 aliphatic carbocycles. The molecule has 2 saturated heterocycles. The molecule has 11 rings (SSSR count). The van der Waals surface area contributed by atoms with Crippen LogP contribution in [-0.2, 0) is 0 Å². The summed E-state index contributed by atoms with van der Waals surface area (Å²) in [6, 6.07) is 38.7. The third-order valence-corrected chi connectivity index (χ3v) is 12.2. The summed E-state index contributed by atoms with van der Waals surface area (Å²) in [5, 5.41) is 17.0. The molecule has 3 aliphatic rings. The quantitative estimate of drug-likeness (QED) is 0.134. The second kappa shape index (κ2) is 20.7. The summed E-state index contributed by atoms with van der Waals surface area (Å²) >= 11 is 5.72. The van der Waals surface area contributed by atoms with E-state index in [1.807, 2.05) is 67.6 Å². The minimum Gasteiger partial charge on any atom is -0.486 e. The lowest BCUT2D eigenvalue weighted by Crippen LogP contribution is -2.42. The SMILES string of the molecule is Cc1ccc2c3c(ccc2n1)OC[C@H](CN1CCCN(c2ccc4cc(C#N)ccc4n2)CC1)O3.[C-]#[N+]c1ccc2nc(Cl)ccc2c1.[C-]#[N+]c1ccc2nc(N3CCCNCC3)ccc2c1. The summed E-state index contributed by atoms with van der Waals surface area (Å²) in [6.45, 7) is 25.2. The Morgan fingerprint density at radius 2 is 1.33 bits per heavy atom. The van der Waals surface area contributed by atoms with Gasteiger partial charge in [0, 0.05) is 68.8 Å². The maximum atomic E-state index is 9.13. The Morgan fingerprint density at radius 1 is 0.672 bits per heavy atom. The molecule has 1 atom stereocenters. The summed E-state index contributed by atoms with van der Waals surface area (Å²) in [5.74, 6) is 3.63. The van der Waals surface area contributed by atoms with Crippen molar-refractivity contribution >= 4 is 78.2 Å². The average molecular weight is 906 g/mol. The van der Waals surface area contributed by atoms with Crippen molar-refractivity contribution in [2.75, 3.05) is 75.3 Å². The molecular weight excluding hydrogens is 858 g/mol. The molecule has 0 radical (unpaired) electrons. The van der Waals surface area contributed by atoms with Crippen molar-refractivity contribution in [3.8, 4) is 17.6 Å². The fourth-order valence-corrected chi connectivity index (χ4v) is 8.73. The minimum atomic E-state index is -0.0194. The van der Waals surface area contributed by atoms with E-state index < -0.39 is 0 Å². The maximum Gasteiger partial charge on any atom is 0.187 e. The molecule has 0 bridgehead atoms. The molecule has 2 fully saturated rings. The first-order valence-electron chi connectivity index (χ1n) is 22.5. The van der Waals surface area contributed by atoms with Crippen molar-refractivity contribution in [3.63, 3.8) is 0 Å². The van der Waals surface area contributed by atoms with Crippen LogP contribution in [0.2, 0.25) is 5.15 Å². The number of pyridine rings is 4. The number of nitrogens with one attached hydrogen (secondary N) is 1. The number of anilines is 2. The zero-order valence-electron chi connectivity index (χ0n) is 37.2. The molecule has 13 nitrogen and oxygen atoms in total. The average Bonchev–Trinajstić information content (AvgIpc) is 3.80. The van der Waals surface area contributed by atoms with Gasteiger partial charge in [-0.05, 0) is 128 Å². The van der Waals surface area contributed by atoms with Gasteiger partial charge in [0.15, 0.2) is 22.9 Å². The van der Waals surface area contributed by atoms with Gasteiger partial charge >= 0.3 is 0 Å². The molecule has 334 valence electrons. The molecule has 0 unspecified atom stereocenters. The van der Waals surface area contributed by atoms with Crippen LogP contribution in [0.4, 0.5) is 23.0 Å². The van der Waals surface area contributed by atoms with Crippen LogP contribution in [0.15, 0.2) is 115 Å². The van der Waals surface area contributed by atoms with Gasteiger partial charge in [-0.25, -0.2) is 24.6 Å². The van der Waals surface area contributed by atoms with Crippen LogP contribution in [0.1, 0.15) is 24.1 Å². The van der Waals surface area contributed by atoms with Crippen molar-refractivity contribution < 1.29 is 9.47 Å². The Morgan fingerprint density at radius 3 is 2.06 bits per heavy atom. The van der Waals surface area contributed by atoms with Crippen LogP contribution in [0.25, 0.3) is 53.3 Å². The van der Waals surface area contributed by atoms with Gasteiger partial charge in [0.2, 0.25) is 0 Å². The number of ether oxygens (including phenoxy) is 2. The van der Waals surface area contributed by atoms with Crippen molar-refractivity contribution in [2.45, 2.75) is 25.9 Å². The van der Waals surface area contributed by atoms with Gasteiger partial charge in [-0.15, -0.1) is 0 Å². The van der Waals surface area contributed by atoms with Crippen LogP contribution in [0, 0.1) is 31.4 Å². The van der Waals surface area contributed by atoms with Crippen molar-refractivity contribution in [1.29, 1.82) is 5.26 Å². The lowest BCUT2D eigenvalue weighted by molar-refractivity contribution is 0.0622. The number of fused-ring (bicyclic) bond motifs is 6. The number of hydrogen-bond acceptors (Lipinski definition) is 11. The molecular formula is C53H48ClN11O2. The number of aromatic nitrogens is 4. The van der Waals surface area contributed by atoms with Crippen molar-refractivity contribution in [3.05, 3.63) is 155 Å². The standard InChI is InChI=1S/C28H27N5O2.C15H16N4.C10H5ClN2/c1-19-3-6-23-25(30-19)8-9-26-28(23)35-22(18-34-26)17-32-11-2-12-33(14-13-32)27-10-5-21-15-20(16-29)4-7-24(21)31-27;1-16-13-4-5-14-12(11-13)3-6-15(18-14)19-9-2-7-17-8-10-19;1-12-8-3-4-9-7(6-8)2-5-10(11)13-9/h3-10,15,22H,2,11-14,17-18H2,1H3;3-6,11,17H,2,7-10H2;2-6H/t22-;;/m0../s1. The Hall–Kier alpha value is -7.60. The van der Waals surface area contributed by atoms with Crippen LogP contribution < -0.4 is 24.6 Å². The summed E-state index contributed by atoms with van der Waals surface area (Å²) in [6.07, 6.45) is 2.19. The van der Waals surface area contributed by atoms with E-state index in [9.17, 15) is 0 Å². The number of halogens is 1. The molecule has 4 aromatic carbocycles. The van der Waals surface area contributed by atoms with Crippen molar-refractivity contribution in [1.82, 2.24) is 30.2 Å². The van der Waals surface area contributed by atoms with E-state index in [-0.39, 0.29) is 6.10 Å². The molecule has 67 heavy (non-hydrogen) atoms. The van der Waals surface area contributed by atoms with E-state index in [0.717, 1.165) is 144 Å². The molecule has 0 saturated carbocycles. The monoisotopic (exact) mass is 905 g/mol. The fraction of sp³-hybridized carbons (Fsp3) is 0.264. The second-order valence-electron chi connectivity index (χ2n) is 16.7. The largest absolute Gasteiger partial charge is 0.486 e. The van der Waals surface area contributed by atoms with Crippen molar-refractivity contribution in [2.24, 2.45) is 0 Å². The number of nitrogens with zero attached hydrogens (tertiary/aromatic N) is 10. The first kappa shape index (κ1) is 44.6. The Balaban J connectivity index is 0.000000146. The molecule has 3 aliphatic heterocycles. The number of nitriles is 1. The van der Waals surface area contributed by atoms with E-state index in [0.29, 0.717) is 28.7 Å². The number of rotatable bonds is 4. The lowest BCUT2D eigenvalue weighted by Gasteiger charge is -2.31. The molecule has 0 spiro atoms. The summed E-state index contributed by atoms with van der Waals surface area (Å²) in [5.41, 5.74) is 6.58. The van der Waals surface area contributed by atoms with Gasteiger partial charge in [0.05, 0.1) is 46.8 Å². The van der Waals surface area contributed by atoms with Gasteiger partial charge in [-0.1, -0.05) is 35.9 Å². The number of benzene rings is 4. The first-order valence-corrected chi connectivity index (χ1v) is 22.9. The lowest BCUT2D eigenvalue weighted by atomic mass is 10.1. The van der Waals surface area contributed by atoms with E-state index in [4.69, 9.17) is 49.4 Å². The second-order valence-corrected chi connectivity index (χ2v) is 17.1. The highest BCUT2D eigenvalue weighted by atomic mass is 35.5. The minimum absolute atomic E-state index is 0.0194. The molecule has 8 aromatic rings. The number of aryl methyl sites for hydroxylation is 1. The third kappa shape index (κ3) is 10.8. The Bertz CT molecular complexity index is 3210. The van der Waals surface area contributed by atoms with Gasteiger partial charge in [-0.2, -0.15) is 5.26 Å². The maximum absolute atomic E-state index is 9.13. The van der Waals surface area contributed by atoms with E-state index in [2.05, 4.69) is 76.1 Å².